The highest BCUT2D eigenvalue weighted by atomic mass is 32.2. The molecule has 13 heteroatoms. The highest BCUT2D eigenvalue weighted by Crippen LogP contribution is 2.34. The van der Waals surface area contributed by atoms with E-state index in [0.29, 0.717) is 12.1 Å². The van der Waals surface area contributed by atoms with Gasteiger partial charge in [-0.1, -0.05) is 6.07 Å². The molecule has 0 fully saturated rings. The number of carbonyl (C=O) groups is 1. The number of alkyl halides is 3. The number of benzene rings is 2. The molecule has 0 unspecified atom stereocenters. The standard InChI is InChI=1S/C15H13F3N4O5S/c1-28(26,27)21-11-4-2-3-9(7-11)14(23)20-19-12-6-5-10(15(16,17)18)8-13(12)22(24)25/h2-8,19,21H,1H3,(H,20,23). The Morgan fingerprint density at radius 2 is 1.82 bits per heavy atom. The van der Waals surface area contributed by atoms with E-state index in [-0.39, 0.29) is 16.9 Å². The minimum absolute atomic E-state index is 0.00397. The van der Waals surface area contributed by atoms with Crippen LogP contribution in [0.5, 0.6) is 0 Å². The van der Waals surface area contributed by atoms with E-state index < -0.39 is 38.3 Å². The number of nitrogens with zero attached hydrogens (tertiary/aromatic N) is 1. The number of nitrogens with one attached hydrogen (secondary N) is 3. The highest BCUT2D eigenvalue weighted by molar-refractivity contribution is 7.92. The summed E-state index contributed by atoms with van der Waals surface area (Å²) in [6, 6.07) is 7.10. The van der Waals surface area contributed by atoms with Gasteiger partial charge in [-0.2, -0.15) is 13.2 Å². The van der Waals surface area contributed by atoms with E-state index >= 15 is 0 Å². The van der Waals surface area contributed by atoms with Gasteiger partial charge >= 0.3 is 6.18 Å². The fourth-order valence-electron chi connectivity index (χ4n) is 2.10. The topological polar surface area (TPSA) is 130 Å². The molecule has 0 atom stereocenters. The second-order valence-electron chi connectivity index (χ2n) is 5.52. The lowest BCUT2D eigenvalue weighted by Crippen LogP contribution is -2.29. The first kappa shape index (κ1) is 21.0. The van der Waals surface area contributed by atoms with E-state index in [2.05, 4.69) is 15.6 Å². The van der Waals surface area contributed by atoms with E-state index in [1.807, 2.05) is 0 Å². The molecular formula is C15H13F3N4O5S. The first-order valence-electron chi connectivity index (χ1n) is 7.36. The molecule has 2 rings (SSSR count). The zero-order chi connectivity index (χ0) is 21.1. The smallest absolute Gasteiger partial charge is 0.292 e. The maximum Gasteiger partial charge on any atom is 0.416 e. The number of amides is 1. The van der Waals surface area contributed by atoms with Gasteiger partial charge in [0.2, 0.25) is 10.0 Å². The summed E-state index contributed by atoms with van der Waals surface area (Å²) >= 11 is 0. The lowest BCUT2D eigenvalue weighted by Gasteiger charge is -2.12. The van der Waals surface area contributed by atoms with Gasteiger partial charge in [-0.05, 0) is 30.3 Å². The quantitative estimate of drug-likeness (QED) is 0.488. The number of hydrogen-bond acceptors (Lipinski definition) is 6. The van der Waals surface area contributed by atoms with Gasteiger partial charge < -0.3 is 0 Å². The Morgan fingerprint density at radius 1 is 1.14 bits per heavy atom. The number of hydrogen-bond donors (Lipinski definition) is 3. The molecule has 0 bridgehead atoms. The molecule has 2 aromatic carbocycles. The minimum atomic E-state index is -4.76. The molecule has 9 nitrogen and oxygen atoms in total. The molecule has 0 saturated carbocycles. The van der Waals surface area contributed by atoms with Crippen LogP contribution in [0.3, 0.4) is 0 Å². The molecule has 150 valence electrons. The van der Waals surface area contributed by atoms with Crippen molar-refractivity contribution < 1.29 is 31.3 Å². The van der Waals surface area contributed by atoms with E-state index in [1.54, 1.807) is 0 Å². The summed E-state index contributed by atoms with van der Waals surface area (Å²) in [7, 11) is -3.57. The molecule has 2 aromatic rings. The van der Waals surface area contributed by atoms with Gasteiger partial charge in [0, 0.05) is 17.3 Å². The van der Waals surface area contributed by atoms with E-state index in [4.69, 9.17) is 0 Å². The van der Waals surface area contributed by atoms with Crippen molar-refractivity contribution in [1.29, 1.82) is 0 Å². The number of halogens is 3. The van der Waals surface area contributed by atoms with Crippen molar-refractivity contribution in [2.24, 2.45) is 0 Å². The molecule has 1 amide bonds. The van der Waals surface area contributed by atoms with Crippen LogP contribution in [-0.4, -0.2) is 25.5 Å². The Balaban J connectivity index is 2.19. The highest BCUT2D eigenvalue weighted by Gasteiger charge is 2.33. The number of sulfonamides is 1. The third-order valence-corrected chi connectivity index (χ3v) is 3.87. The summed E-state index contributed by atoms with van der Waals surface area (Å²) < 4.78 is 62.7. The number of rotatable bonds is 6. The Hall–Kier alpha value is -3.35. The molecule has 28 heavy (non-hydrogen) atoms. The van der Waals surface area contributed by atoms with Gasteiger partial charge in [-0.3, -0.25) is 30.5 Å². The predicted molar refractivity (Wildman–Crippen MR) is 94.1 cm³/mol. The molecule has 0 spiro atoms. The third-order valence-electron chi connectivity index (χ3n) is 3.26. The number of nitro benzene ring substituents is 1. The molecule has 0 aliphatic heterocycles. The fraction of sp³-hybridized carbons (Fsp3) is 0.133. The van der Waals surface area contributed by atoms with Gasteiger partial charge in [-0.25, -0.2) is 8.42 Å². The van der Waals surface area contributed by atoms with Crippen molar-refractivity contribution in [2.45, 2.75) is 6.18 Å². The van der Waals surface area contributed by atoms with Crippen LogP contribution in [0.15, 0.2) is 42.5 Å². The summed E-state index contributed by atoms with van der Waals surface area (Å²) in [5, 5.41) is 11.0. The van der Waals surface area contributed by atoms with Gasteiger partial charge in [0.05, 0.1) is 16.7 Å². The summed E-state index contributed by atoms with van der Waals surface area (Å²) in [6.45, 7) is 0. The van der Waals surface area contributed by atoms with Crippen LogP contribution < -0.4 is 15.6 Å². The maximum absolute atomic E-state index is 12.7. The maximum atomic E-state index is 12.7. The Kier molecular flexibility index (Phi) is 5.78. The van der Waals surface area contributed by atoms with Crippen LogP contribution in [0.2, 0.25) is 0 Å². The van der Waals surface area contributed by atoms with E-state index in [9.17, 15) is 36.5 Å². The average molecular weight is 418 g/mol. The third kappa shape index (κ3) is 5.57. The zero-order valence-corrected chi connectivity index (χ0v) is 14.9. The number of carbonyl (C=O) groups excluding carboxylic acids is 1. The Bertz CT molecular complexity index is 1020. The number of nitro groups is 1. The SMILES string of the molecule is CS(=O)(=O)Nc1cccc(C(=O)NNc2ccc(C(F)(F)F)cc2[N+](=O)[O-])c1. The second kappa shape index (κ2) is 7.72. The molecule has 0 saturated heterocycles. The van der Waals surface area contributed by atoms with Gasteiger partial charge in [0.1, 0.15) is 5.69 Å². The summed E-state index contributed by atoms with van der Waals surface area (Å²) in [6.07, 6.45) is -3.84. The second-order valence-corrected chi connectivity index (χ2v) is 7.27. The van der Waals surface area contributed by atoms with Crippen LogP contribution in [0.1, 0.15) is 15.9 Å². The van der Waals surface area contributed by atoms with E-state index in [0.717, 1.165) is 12.3 Å². The van der Waals surface area contributed by atoms with Gasteiger partial charge in [0.25, 0.3) is 11.6 Å². The summed E-state index contributed by atoms with van der Waals surface area (Å²) in [4.78, 5) is 22.1. The first-order valence-corrected chi connectivity index (χ1v) is 9.26. The molecule has 0 aromatic heterocycles. The van der Waals surface area contributed by atoms with Crippen LogP contribution in [0.4, 0.5) is 30.2 Å². The lowest BCUT2D eigenvalue weighted by molar-refractivity contribution is -0.384. The van der Waals surface area contributed by atoms with Crippen molar-refractivity contribution in [3.63, 3.8) is 0 Å². The molecule has 0 heterocycles. The van der Waals surface area contributed by atoms with Gasteiger partial charge in [-0.15, -0.1) is 0 Å². The fourth-order valence-corrected chi connectivity index (χ4v) is 2.65. The Labute approximate surface area is 156 Å². The molecule has 0 radical (unpaired) electrons. The molecular weight excluding hydrogens is 405 g/mol. The van der Waals surface area contributed by atoms with Gasteiger partial charge in [0.15, 0.2) is 0 Å². The molecule has 0 aliphatic carbocycles. The van der Waals surface area contributed by atoms with Crippen molar-refractivity contribution in [2.75, 3.05) is 16.4 Å². The summed E-state index contributed by atoms with van der Waals surface area (Å²) in [5.74, 6) is -0.800. The number of anilines is 2. The van der Waals surface area contributed by atoms with Crippen molar-refractivity contribution in [1.82, 2.24) is 5.43 Å². The van der Waals surface area contributed by atoms with Crippen LogP contribution >= 0.6 is 0 Å². The number of hydrazine groups is 1. The normalized spacial score (nSPS) is 11.6. The Morgan fingerprint density at radius 3 is 2.39 bits per heavy atom. The van der Waals surface area contributed by atoms with Crippen molar-refractivity contribution >= 4 is 33.0 Å². The van der Waals surface area contributed by atoms with Crippen molar-refractivity contribution in [3.8, 4) is 0 Å². The molecule has 3 N–H and O–H groups in total. The van der Waals surface area contributed by atoms with Crippen LogP contribution in [0, 0.1) is 10.1 Å². The summed E-state index contributed by atoms with van der Waals surface area (Å²) in [5.41, 5.74) is 1.94. The van der Waals surface area contributed by atoms with E-state index in [1.165, 1.54) is 24.3 Å². The minimum Gasteiger partial charge on any atom is -0.292 e. The lowest BCUT2D eigenvalue weighted by atomic mass is 10.1. The van der Waals surface area contributed by atoms with Crippen molar-refractivity contribution in [3.05, 3.63) is 63.7 Å². The van der Waals surface area contributed by atoms with Crippen LogP contribution in [0.25, 0.3) is 0 Å². The van der Waals surface area contributed by atoms with Crippen LogP contribution in [-0.2, 0) is 16.2 Å². The largest absolute Gasteiger partial charge is 0.416 e. The predicted octanol–water partition coefficient (Wildman–Crippen LogP) is 2.74. The zero-order valence-electron chi connectivity index (χ0n) is 14.1. The first-order chi connectivity index (χ1) is 12.9. The molecule has 0 aliphatic rings. The monoisotopic (exact) mass is 418 g/mol. The average Bonchev–Trinajstić information content (AvgIpc) is 2.57.